The number of rotatable bonds is 9. The SMILES string of the molecule is COCCOCCC(=O)NCCC(C)C. The molecule has 90 valence electrons. The van der Waals surface area contributed by atoms with Crippen molar-refractivity contribution in [1.29, 1.82) is 0 Å². The van der Waals surface area contributed by atoms with Crippen LogP contribution in [0.25, 0.3) is 0 Å². The van der Waals surface area contributed by atoms with Gasteiger partial charge in [-0.1, -0.05) is 13.8 Å². The zero-order valence-electron chi connectivity index (χ0n) is 10.0. The Bertz CT molecular complexity index is 160. The lowest BCUT2D eigenvalue weighted by molar-refractivity contribution is -0.122. The molecular formula is C11H23NO3. The van der Waals surface area contributed by atoms with E-state index in [9.17, 15) is 4.79 Å². The van der Waals surface area contributed by atoms with Gasteiger partial charge in [0.1, 0.15) is 0 Å². The van der Waals surface area contributed by atoms with Gasteiger partial charge >= 0.3 is 0 Å². The fraction of sp³-hybridized carbons (Fsp3) is 0.909. The zero-order chi connectivity index (χ0) is 11.5. The van der Waals surface area contributed by atoms with Crippen molar-refractivity contribution in [3.05, 3.63) is 0 Å². The Hall–Kier alpha value is -0.610. The fourth-order valence-electron chi connectivity index (χ4n) is 0.998. The molecule has 0 spiro atoms. The summed E-state index contributed by atoms with van der Waals surface area (Å²) in [5, 5.41) is 2.85. The monoisotopic (exact) mass is 217 g/mol. The molecule has 0 saturated heterocycles. The van der Waals surface area contributed by atoms with Gasteiger partial charge in [0.15, 0.2) is 0 Å². The second-order valence-electron chi connectivity index (χ2n) is 3.89. The fourth-order valence-corrected chi connectivity index (χ4v) is 0.998. The first kappa shape index (κ1) is 14.4. The molecule has 0 aromatic rings. The van der Waals surface area contributed by atoms with Crippen molar-refractivity contribution in [1.82, 2.24) is 5.32 Å². The van der Waals surface area contributed by atoms with E-state index in [1.165, 1.54) is 0 Å². The minimum atomic E-state index is 0.0630. The first-order chi connectivity index (χ1) is 7.16. The van der Waals surface area contributed by atoms with Crippen LogP contribution in [0, 0.1) is 5.92 Å². The Morgan fingerprint density at radius 1 is 1.27 bits per heavy atom. The maximum atomic E-state index is 11.2. The maximum absolute atomic E-state index is 11.2. The lowest BCUT2D eigenvalue weighted by Gasteiger charge is -2.07. The van der Waals surface area contributed by atoms with E-state index in [0.717, 1.165) is 13.0 Å². The van der Waals surface area contributed by atoms with E-state index in [1.54, 1.807) is 7.11 Å². The topological polar surface area (TPSA) is 47.6 Å². The molecule has 15 heavy (non-hydrogen) atoms. The average Bonchev–Trinajstić information content (AvgIpc) is 2.17. The highest BCUT2D eigenvalue weighted by atomic mass is 16.5. The Balaban J connectivity index is 3.19. The number of carbonyl (C=O) groups is 1. The molecule has 4 nitrogen and oxygen atoms in total. The highest BCUT2D eigenvalue weighted by Crippen LogP contribution is 1.96. The van der Waals surface area contributed by atoms with Crippen LogP contribution in [-0.2, 0) is 14.3 Å². The molecule has 4 heteroatoms. The molecule has 1 amide bonds. The highest BCUT2D eigenvalue weighted by Gasteiger charge is 2.01. The lowest BCUT2D eigenvalue weighted by atomic mass is 10.1. The number of ether oxygens (including phenoxy) is 2. The number of carbonyl (C=O) groups excluding carboxylic acids is 1. The number of methoxy groups -OCH3 is 1. The van der Waals surface area contributed by atoms with Gasteiger partial charge < -0.3 is 14.8 Å². The minimum Gasteiger partial charge on any atom is -0.382 e. The molecule has 0 aromatic heterocycles. The van der Waals surface area contributed by atoms with Crippen LogP contribution in [0.3, 0.4) is 0 Å². The van der Waals surface area contributed by atoms with Crippen molar-refractivity contribution < 1.29 is 14.3 Å². The molecule has 0 atom stereocenters. The van der Waals surface area contributed by atoms with E-state index in [4.69, 9.17) is 9.47 Å². The van der Waals surface area contributed by atoms with Crippen LogP contribution in [-0.4, -0.2) is 39.4 Å². The summed E-state index contributed by atoms with van der Waals surface area (Å²) in [6, 6.07) is 0. The standard InChI is InChI=1S/C11H23NO3/c1-10(2)4-6-12-11(13)5-7-15-9-8-14-3/h10H,4-9H2,1-3H3,(H,12,13). The van der Waals surface area contributed by atoms with Gasteiger partial charge in [0.2, 0.25) is 5.91 Å². The first-order valence-corrected chi connectivity index (χ1v) is 5.50. The van der Waals surface area contributed by atoms with Crippen LogP contribution < -0.4 is 5.32 Å². The van der Waals surface area contributed by atoms with E-state index in [-0.39, 0.29) is 5.91 Å². The third-order valence-corrected chi connectivity index (χ3v) is 1.95. The molecule has 0 heterocycles. The predicted molar refractivity (Wildman–Crippen MR) is 59.8 cm³/mol. The van der Waals surface area contributed by atoms with E-state index < -0.39 is 0 Å². The van der Waals surface area contributed by atoms with Crippen LogP contribution in [0.4, 0.5) is 0 Å². The van der Waals surface area contributed by atoms with E-state index in [1.807, 2.05) is 0 Å². The van der Waals surface area contributed by atoms with Gasteiger partial charge in [-0.25, -0.2) is 0 Å². The Morgan fingerprint density at radius 3 is 2.60 bits per heavy atom. The molecule has 0 radical (unpaired) electrons. The summed E-state index contributed by atoms with van der Waals surface area (Å²) in [4.78, 5) is 11.2. The van der Waals surface area contributed by atoms with Crippen LogP contribution in [0.15, 0.2) is 0 Å². The third-order valence-electron chi connectivity index (χ3n) is 1.95. The van der Waals surface area contributed by atoms with Crippen molar-refractivity contribution in [2.45, 2.75) is 26.7 Å². The van der Waals surface area contributed by atoms with Crippen LogP contribution in [0.1, 0.15) is 26.7 Å². The minimum absolute atomic E-state index is 0.0630. The van der Waals surface area contributed by atoms with Gasteiger partial charge in [-0.15, -0.1) is 0 Å². The van der Waals surface area contributed by atoms with Crippen LogP contribution >= 0.6 is 0 Å². The van der Waals surface area contributed by atoms with Crippen molar-refractivity contribution in [2.75, 3.05) is 33.5 Å². The first-order valence-electron chi connectivity index (χ1n) is 5.50. The number of nitrogens with one attached hydrogen (secondary N) is 1. The Kier molecular flexibility index (Phi) is 9.52. The average molecular weight is 217 g/mol. The molecule has 0 aliphatic heterocycles. The maximum Gasteiger partial charge on any atom is 0.222 e. The van der Waals surface area contributed by atoms with Crippen LogP contribution in [0.5, 0.6) is 0 Å². The van der Waals surface area contributed by atoms with E-state index in [2.05, 4.69) is 19.2 Å². The van der Waals surface area contributed by atoms with Gasteiger partial charge in [0.05, 0.1) is 19.8 Å². The molecule has 0 bridgehead atoms. The molecule has 0 aliphatic rings. The largest absolute Gasteiger partial charge is 0.382 e. The lowest BCUT2D eigenvalue weighted by Crippen LogP contribution is -2.26. The van der Waals surface area contributed by atoms with E-state index in [0.29, 0.717) is 32.2 Å². The predicted octanol–water partition coefficient (Wildman–Crippen LogP) is 1.20. The summed E-state index contributed by atoms with van der Waals surface area (Å²) in [6.45, 7) is 6.64. The molecule has 0 aromatic carbocycles. The summed E-state index contributed by atoms with van der Waals surface area (Å²) >= 11 is 0. The third kappa shape index (κ3) is 11.3. The molecule has 0 rings (SSSR count). The summed E-state index contributed by atoms with van der Waals surface area (Å²) in [5.74, 6) is 0.691. The number of amides is 1. The highest BCUT2D eigenvalue weighted by molar-refractivity contribution is 5.75. The quantitative estimate of drug-likeness (QED) is 0.590. The molecule has 0 fully saturated rings. The smallest absolute Gasteiger partial charge is 0.222 e. The molecule has 0 aliphatic carbocycles. The van der Waals surface area contributed by atoms with Gasteiger partial charge in [-0.05, 0) is 12.3 Å². The zero-order valence-corrected chi connectivity index (χ0v) is 10.0. The second kappa shape index (κ2) is 9.93. The molecule has 1 N–H and O–H groups in total. The van der Waals surface area contributed by atoms with Gasteiger partial charge in [-0.2, -0.15) is 0 Å². The summed E-state index contributed by atoms with van der Waals surface area (Å²) < 4.78 is 10.0. The van der Waals surface area contributed by atoms with Gasteiger partial charge in [0, 0.05) is 20.1 Å². The Morgan fingerprint density at radius 2 is 2.00 bits per heavy atom. The number of hydrogen-bond acceptors (Lipinski definition) is 3. The Labute approximate surface area is 92.3 Å². The van der Waals surface area contributed by atoms with Crippen LogP contribution in [0.2, 0.25) is 0 Å². The van der Waals surface area contributed by atoms with Gasteiger partial charge in [0.25, 0.3) is 0 Å². The van der Waals surface area contributed by atoms with Crippen molar-refractivity contribution in [2.24, 2.45) is 5.92 Å². The normalized spacial score (nSPS) is 10.7. The summed E-state index contributed by atoms with van der Waals surface area (Å²) in [5.41, 5.74) is 0. The van der Waals surface area contributed by atoms with Crippen molar-refractivity contribution in [3.63, 3.8) is 0 Å². The molecule has 0 saturated carbocycles. The summed E-state index contributed by atoms with van der Waals surface area (Å²) in [7, 11) is 1.63. The van der Waals surface area contributed by atoms with Crippen molar-refractivity contribution in [3.8, 4) is 0 Å². The van der Waals surface area contributed by atoms with E-state index >= 15 is 0 Å². The van der Waals surface area contributed by atoms with Crippen molar-refractivity contribution >= 4 is 5.91 Å². The number of hydrogen-bond donors (Lipinski definition) is 1. The molecular weight excluding hydrogens is 194 g/mol. The molecule has 0 unspecified atom stereocenters. The van der Waals surface area contributed by atoms with Gasteiger partial charge in [-0.3, -0.25) is 4.79 Å². The second-order valence-corrected chi connectivity index (χ2v) is 3.89. The summed E-state index contributed by atoms with van der Waals surface area (Å²) in [6.07, 6.45) is 1.46.